The zero-order valence-corrected chi connectivity index (χ0v) is 13.8. The number of rotatable bonds is 4. The predicted molar refractivity (Wildman–Crippen MR) is 91.0 cm³/mol. The molecule has 8 heteroatoms. The third kappa shape index (κ3) is 3.06. The lowest BCUT2D eigenvalue weighted by Gasteiger charge is -2.01. The Morgan fingerprint density at radius 1 is 1.21 bits per heavy atom. The van der Waals surface area contributed by atoms with E-state index in [0.717, 1.165) is 0 Å². The topological polar surface area (TPSA) is 82.3 Å². The Kier molecular flexibility index (Phi) is 4.42. The Balaban J connectivity index is 1.90. The average Bonchev–Trinajstić information content (AvgIpc) is 3.14. The van der Waals surface area contributed by atoms with Crippen molar-refractivity contribution in [2.24, 2.45) is 0 Å². The maximum atomic E-state index is 11.0. The van der Waals surface area contributed by atoms with Crippen molar-refractivity contribution >= 4 is 41.0 Å². The Bertz CT molecular complexity index is 943. The van der Waals surface area contributed by atoms with Crippen LogP contribution in [0.2, 0.25) is 10.0 Å². The van der Waals surface area contributed by atoms with E-state index in [1.165, 1.54) is 13.0 Å². The molecule has 3 aromatic rings. The third-order valence-corrected chi connectivity index (χ3v) is 4.10. The lowest BCUT2D eigenvalue weighted by molar-refractivity contribution is -0.386. The van der Waals surface area contributed by atoms with Crippen LogP contribution < -0.4 is 0 Å². The van der Waals surface area contributed by atoms with Gasteiger partial charge >= 0.3 is 5.69 Å². The van der Waals surface area contributed by atoms with Gasteiger partial charge in [0.05, 0.1) is 15.0 Å². The van der Waals surface area contributed by atoms with Gasteiger partial charge in [0.2, 0.25) is 5.76 Å². The molecule has 122 valence electrons. The van der Waals surface area contributed by atoms with E-state index in [4.69, 9.17) is 32.1 Å². The second-order valence-corrected chi connectivity index (χ2v) is 5.66. The minimum absolute atomic E-state index is 0.0521. The number of halogens is 2. The van der Waals surface area contributed by atoms with Crippen molar-refractivity contribution in [2.75, 3.05) is 0 Å². The quantitative estimate of drug-likeness (QED) is 0.442. The van der Waals surface area contributed by atoms with Crippen LogP contribution in [0.5, 0.6) is 0 Å². The third-order valence-electron chi connectivity index (χ3n) is 3.28. The van der Waals surface area contributed by atoms with Crippen LogP contribution in [0, 0.1) is 17.0 Å². The van der Waals surface area contributed by atoms with Crippen LogP contribution in [0.4, 0.5) is 5.69 Å². The lowest BCUT2D eigenvalue weighted by Crippen LogP contribution is -1.90. The Morgan fingerprint density at radius 2 is 2.00 bits per heavy atom. The lowest BCUT2D eigenvalue weighted by atomic mass is 10.2. The zero-order chi connectivity index (χ0) is 17.3. The Labute approximate surface area is 146 Å². The molecule has 0 fully saturated rings. The van der Waals surface area contributed by atoms with Gasteiger partial charge < -0.3 is 8.94 Å². The summed E-state index contributed by atoms with van der Waals surface area (Å²) in [5, 5.41) is 15.4. The number of nitrogens with zero attached hydrogens (tertiary/aromatic N) is 2. The molecule has 1 aromatic carbocycles. The monoisotopic (exact) mass is 364 g/mol. The number of hydrogen-bond donors (Lipinski definition) is 0. The number of aromatic nitrogens is 1. The molecule has 0 bridgehead atoms. The van der Waals surface area contributed by atoms with E-state index in [1.54, 1.807) is 36.4 Å². The van der Waals surface area contributed by atoms with Gasteiger partial charge in [0.15, 0.2) is 5.69 Å². The minimum atomic E-state index is -0.537. The summed E-state index contributed by atoms with van der Waals surface area (Å²) >= 11 is 12.2. The van der Waals surface area contributed by atoms with E-state index in [1.807, 2.05) is 0 Å². The SMILES string of the molecule is Cc1noc(C=Cc2ccc(-c3cccc(Cl)c3Cl)o2)c1[N+](=O)[O-]. The summed E-state index contributed by atoms with van der Waals surface area (Å²) in [6.45, 7) is 1.51. The second kappa shape index (κ2) is 6.51. The van der Waals surface area contributed by atoms with Crippen molar-refractivity contribution in [3.05, 3.63) is 67.7 Å². The molecule has 0 amide bonds. The minimum Gasteiger partial charge on any atom is -0.457 e. The molecule has 0 saturated carbocycles. The van der Waals surface area contributed by atoms with Crippen molar-refractivity contribution in [1.82, 2.24) is 5.16 Å². The molecule has 0 unspecified atom stereocenters. The first kappa shape index (κ1) is 16.3. The van der Waals surface area contributed by atoms with Crippen LogP contribution >= 0.6 is 23.2 Å². The summed E-state index contributed by atoms with van der Waals surface area (Å²) in [5.74, 6) is 1.06. The molecule has 6 nitrogen and oxygen atoms in total. The van der Waals surface area contributed by atoms with Crippen LogP contribution in [-0.2, 0) is 0 Å². The first-order valence-corrected chi connectivity index (χ1v) is 7.56. The Hall–Kier alpha value is -2.57. The second-order valence-electron chi connectivity index (χ2n) is 4.87. The molecular weight excluding hydrogens is 355 g/mol. The molecule has 0 aliphatic rings. The largest absolute Gasteiger partial charge is 0.457 e. The van der Waals surface area contributed by atoms with Gasteiger partial charge in [-0.2, -0.15) is 0 Å². The highest BCUT2D eigenvalue weighted by atomic mass is 35.5. The van der Waals surface area contributed by atoms with E-state index in [2.05, 4.69) is 5.16 Å². The first-order valence-electron chi connectivity index (χ1n) is 6.80. The van der Waals surface area contributed by atoms with Gasteiger partial charge in [-0.1, -0.05) is 34.4 Å². The number of hydrogen-bond acceptors (Lipinski definition) is 5. The van der Waals surface area contributed by atoms with Crippen LogP contribution in [0.15, 0.2) is 39.3 Å². The van der Waals surface area contributed by atoms with Gasteiger partial charge in [-0.25, -0.2) is 0 Å². The summed E-state index contributed by atoms with van der Waals surface area (Å²) < 4.78 is 10.6. The normalized spacial score (nSPS) is 11.3. The fourth-order valence-electron chi connectivity index (χ4n) is 2.15. The highest BCUT2D eigenvalue weighted by Gasteiger charge is 2.22. The van der Waals surface area contributed by atoms with Crippen LogP contribution in [-0.4, -0.2) is 10.1 Å². The Morgan fingerprint density at radius 3 is 2.75 bits per heavy atom. The summed E-state index contributed by atoms with van der Waals surface area (Å²) in [6.07, 6.45) is 2.98. The molecule has 0 atom stereocenters. The number of aryl methyl sites for hydroxylation is 1. The molecule has 24 heavy (non-hydrogen) atoms. The molecule has 0 saturated heterocycles. The molecular formula is C16H10Cl2N2O4. The fraction of sp³-hybridized carbons (Fsp3) is 0.0625. The van der Waals surface area contributed by atoms with Gasteiger partial charge in [0.1, 0.15) is 11.5 Å². The van der Waals surface area contributed by atoms with Crippen molar-refractivity contribution in [3.8, 4) is 11.3 Å². The average molecular weight is 365 g/mol. The molecule has 0 spiro atoms. The molecule has 0 aliphatic heterocycles. The summed E-state index contributed by atoms with van der Waals surface area (Å²) in [7, 11) is 0. The van der Waals surface area contributed by atoms with Crippen LogP contribution in [0.3, 0.4) is 0 Å². The smallest absolute Gasteiger partial charge is 0.338 e. The van der Waals surface area contributed by atoms with Gasteiger partial charge in [0, 0.05) is 5.56 Å². The number of nitro groups is 1. The molecule has 2 heterocycles. The highest BCUT2D eigenvalue weighted by Crippen LogP contribution is 2.34. The summed E-state index contributed by atoms with van der Waals surface area (Å²) in [4.78, 5) is 10.5. The maximum Gasteiger partial charge on any atom is 0.338 e. The van der Waals surface area contributed by atoms with Crippen molar-refractivity contribution < 1.29 is 13.9 Å². The maximum absolute atomic E-state index is 11.0. The molecule has 3 rings (SSSR count). The molecule has 0 N–H and O–H groups in total. The molecule has 0 aliphatic carbocycles. The van der Waals surface area contributed by atoms with Gasteiger partial charge in [0.25, 0.3) is 0 Å². The number of benzene rings is 1. The van der Waals surface area contributed by atoms with Gasteiger partial charge in [-0.3, -0.25) is 10.1 Å². The summed E-state index contributed by atoms with van der Waals surface area (Å²) in [6, 6.07) is 8.67. The van der Waals surface area contributed by atoms with Crippen molar-refractivity contribution in [2.45, 2.75) is 6.92 Å². The standard InChI is InChI=1S/C16H10Cl2N2O4/c1-9-16(20(21)22)14(24-19-9)8-6-10-5-7-13(23-10)11-3-2-4-12(17)15(11)18/h2-8H,1H3. The predicted octanol–water partition coefficient (Wildman–Crippen LogP) is 5.63. The van der Waals surface area contributed by atoms with Crippen molar-refractivity contribution in [3.63, 3.8) is 0 Å². The van der Waals surface area contributed by atoms with Crippen LogP contribution in [0.1, 0.15) is 17.2 Å². The first-order chi connectivity index (χ1) is 11.5. The fourth-order valence-corrected chi connectivity index (χ4v) is 2.55. The van der Waals surface area contributed by atoms with E-state index >= 15 is 0 Å². The van der Waals surface area contributed by atoms with Gasteiger partial charge in [-0.05, 0) is 43.3 Å². The van der Waals surface area contributed by atoms with E-state index in [9.17, 15) is 10.1 Å². The van der Waals surface area contributed by atoms with Crippen molar-refractivity contribution in [1.29, 1.82) is 0 Å². The van der Waals surface area contributed by atoms with E-state index < -0.39 is 4.92 Å². The van der Waals surface area contributed by atoms with E-state index in [0.29, 0.717) is 27.1 Å². The van der Waals surface area contributed by atoms with E-state index in [-0.39, 0.29) is 17.1 Å². The van der Waals surface area contributed by atoms with Crippen LogP contribution in [0.25, 0.3) is 23.5 Å². The zero-order valence-electron chi connectivity index (χ0n) is 12.3. The number of furan rings is 1. The highest BCUT2D eigenvalue weighted by molar-refractivity contribution is 6.43. The molecule has 0 radical (unpaired) electrons. The summed E-state index contributed by atoms with van der Waals surface area (Å²) in [5.41, 5.74) is 0.701. The molecule has 2 aromatic heterocycles. The van der Waals surface area contributed by atoms with Gasteiger partial charge in [-0.15, -0.1) is 0 Å².